The molecule has 3 aromatic heterocycles. The van der Waals surface area contributed by atoms with E-state index in [1.54, 1.807) is 11.6 Å². The predicted molar refractivity (Wildman–Crippen MR) is 79.7 cm³/mol. The zero-order valence-electron chi connectivity index (χ0n) is 12.0. The van der Waals surface area contributed by atoms with Gasteiger partial charge < -0.3 is 14.6 Å². The molecule has 0 aliphatic heterocycles. The first kappa shape index (κ1) is 14.4. The highest BCUT2D eigenvalue weighted by atomic mass is 32.1. The van der Waals surface area contributed by atoms with Gasteiger partial charge in [-0.1, -0.05) is 18.1 Å². The number of nitrogens with zero attached hydrogens (tertiary/aromatic N) is 5. The molecule has 114 valence electrons. The molecule has 1 atom stereocenters. The van der Waals surface area contributed by atoms with Crippen LogP contribution in [0.25, 0.3) is 10.7 Å². The van der Waals surface area contributed by atoms with Gasteiger partial charge in [-0.3, -0.25) is 0 Å². The van der Waals surface area contributed by atoms with E-state index in [1.165, 1.54) is 17.4 Å². The molecule has 0 spiro atoms. The Morgan fingerprint density at radius 2 is 2.36 bits per heavy atom. The summed E-state index contributed by atoms with van der Waals surface area (Å²) in [4.78, 5) is 15.6. The van der Waals surface area contributed by atoms with Gasteiger partial charge in [0.15, 0.2) is 6.04 Å². The number of rotatable bonds is 5. The minimum atomic E-state index is -0.513. The molecule has 0 bridgehead atoms. The van der Waals surface area contributed by atoms with E-state index in [0.717, 1.165) is 4.88 Å². The molecule has 3 heterocycles. The molecule has 0 aromatic carbocycles. The first-order chi connectivity index (χ1) is 10.6. The Morgan fingerprint density at radius 3 is 2.95 bits per heavy atom. The summed E-state index contributed by atoms with van der Waals surface area (Å²) in [6, 6.07) is 4.92. The molecule has 22 heavy (non-hydrogen) atoms. The molecule has 9 heteroatoms. The maximum absolute atomic E-state index is 10.9. The average molecular weight is 319 g/mol. The van der Waals surface area contributed by atoms with Crippen LogP contribution >= 0.6 is 11.3 Å². The van der Waals surface area contributed by atoms with E-state index >= 15 is 0 Å². The lowest BCUT2D eigenvalue weighted by Crippen LogP contribution is -2.13. The van der Waals surface area contributed by atoms with Gasteiger partial charge in [0.25, 0.3) is 5.89 Å². The van der Waals surface area contributed by atoms with Crippen LogP contribution in [0.3, 0.4) is 0 Å². The Balaban J connectivity index is 1.96. The van der Waals surface area contributed by atoms with Crippen molar-refractivity contribution in [2.24, 2.45) is 0 Å². The van der Waals surface area contributed by atoms with E-state index in [4.69, 9.17) is 4.52 Å². The van der Waals surface area contributed by atoms with Crippen molar-refractivity contribution in [2.75, 3.05) is 0 Å². The molecule has 8 nitrogen and oxygen atoms in total. The van der Waals surface area contributed by atoms with Gasteiger partial charge in [-0.15, -0.1) is 11.3 Å². The Labute approximate surface area is 129 Å². The van der Waals surface area contributed by atoms with Crippen molar-refractivity contribution in [3.05, 3.63) is 45.3 Å². The molecule has 0 unspecified atom stereocenters. The molecule has 3 aromatic rings. The molecular weight excluding hydrogens is 306 g/mol. The lowest BCUT2D eigenvalue weighted by atomic mass is 10.2. The summed E-state index contributed by atoms with van der Waals surface area (Å²) in [6.07, 6.45) is 0.631. The van der Waals surface area contributed by atoms with Crippen molar-refractivity contribution in [1.82, 2.24) is 19.9 Å². The number of hydrogen-bond acceptors (Lipinski definition) is 7. The van der Waals surface area contributed by atoms with Crippen LogP contribution in [-0.2, 0) is 0 Å². The monoisotopic (exact) mass is 319 g/mol. The zero-order chi connectivity index (χ0) is 15.7. The van der Waals surface area contributed by atoms with Crippen molar-refractivity contribution in [1.29, 1.82) is 0 Å². The highest BCUT2D eigenvalue weighted by molar-refractivity contribution is 7.13. The van der Waals surface area contributed by atoms with Crippen LogP contribution in [0.1, 0.15) is 31.0 Å². The summed E-state index contributed by atoms with van der Waals surface area (Å²) in [5.41, 5.74) is 0.675. The van der Waals surface area contributed by atoms with Crippen LogP contribution in [-0.4, -0.2) is 24.8 Å². The lowest BCUT2D eigenvalue weighted by molar-refractivity contribution is -0.389. The summed E-state index contributed by atoms with van der Waals surface area (Å²) in [5, 5.41) is 20.8. The van der Waals surface area contributed by atoms with E-state index in [2.05, 4.69) is 15.2 Å². The first-order valence-corrected chi connectivity index (χ1v) is 7.56. The van der Waals surface area contributed by atoms with Gasteiger partial charge in [-0.05, 0) is 29.7 Å². The third-order valence-corrected chi connectivity index (χ3v) is 4.11. The molecule has 3 rings (SSSR count). The van der Waals surface area contributed by atoms with Crippen molar-refractivity contribution >= 4 is 17.2 Å². The van der Waals surface area contributed by atoms with Gasteiger partial charge in [-0.2, -0.15) is 9.67 Å². The molecule has 0 aliphatic carbocycles. The second kappa shape index (κ2) is 5.68. The van der Waals surface area contributed by atoms with Crippen molar-refractivity contribution in [2.45, 2.75) is 26.3 Å². The highest BCUT2D eigenvalue weighted by Crippen LogP contribution is 2.27. The lowest BCUT2D eigenvalue weighted by Gasteiger charge is -2.08. The van der Waals surface area contributed by atoms with Crippen LogP contribution in [0.15, 0.2) is 28.1 Å². The maximum Gasteiger partial charge on any atom is 0.390 e. The fraction of sp³-hybridized carbons (Fsp3) is 0.308. The minimum absolute atomic E-state index is 0.186. The maximum atomic E-state index is 10.9. The third kappa shape index (κ3) is 2.50. The second-order valence-electron chi connectivity index (χ2n) is 4.70. The average Bonchev–Trinajstić information content (AvgIpc) is 3.20. The van der Waals surface area contributed by atoms with Crippen molar-refractivity contribution in [3.8, 4) is 10.7 Å². The largest absolute Gasteiger partial charge is 0.390 e. The number of aryl methyl sites for hydroxylation is 1. The number of thiophene rings is 1. The minimum Gasteiger partial charge on any atom is -0.358 e. The molecule has 0 fully saturated rings. The summed E-state index contributed by atoms with van der Waals surface area (Å²) >= 11 is 1.52. The van der Waals surface area contributed by atoms with E-state index in [0.29, 0.717) is 23.8 Å². The van der Waals surface area contributed by atoms with Gasteiger partial charge in [0.05, 0.1) is 21.7 Å². The SMILES string of the molecule is CC[C@@H](c1nc(-c2cccs2)no1)n1nc([N+](=O)[O-])cc1C. The van der Waals surface area contributed by atoms with Gasteiger partial charge in [0.2, 0.25) is 5.82 Å². The molecule has 0 radical (unpaired) electrons. The van der Waals surface area contributed by atoms with E-state index in [1.807, 2.05) is 24.4 Å². The van der Waals surface area contributed by atoms with Gasteiger partial charge in [0.1, 0.15) is 0 Å². The smallest absolute Gasteiger partial charge is 0.358 e. The standard InChI is InChI=1S/C13H13N5O3S/c1-3-9(17-8(2)7-11(15-17)18(19)20)13-14-12(16-21-13)10-5-4-6-22-10/h4-7,9H,3H2,1-2H3/t9-/m0/s1. The molecule has 0 saturated heterocycles. The van der Waals surface area contributed by atoms with Crippen LogP contribution < -0.4 is 0 Å². The van der Waals surface area contributed by atoms with Gasteiger partial charge in [0, 0.05) is 0 Å². The fourth-order valence-corrected chi connectivity index (χ4v) is 2.85. The van der Waals surface area contributed by atoms with E-state index < -0.39 is 4.92 Å². The summed E-state index contributed by atoms with van der Waals surface area (Å²) in [7, 11) is 0. The number of hydrogen-bond donors (Lipinski definition) is 0. The number of aromatic nitrogens is 4. The fourth-order valence-electron chi connectivity index (χ4n) is 2.20. The first-order valence-electron chi connectivity index (χ1n) is 6.68. The molecule has 0 N–H and O–H groups in total. The highest BCUT2D eigenvalue weighted by Gasteiger charge is 2.27. The van der Waals surface area contributed by atoms with Crippen molar-refractivity contribution < 1.29 is 9.45 Å². The predicted octanol–water partition coefficient (Wildman–Crippen LogP) is 3.21. The topological polar surface area (TPSA) is 99.9 Å². The van der Waals surface area contributed by atoms with Crippen LogP contribution in [0, 0.1) is 17.0 Å². The summed E-state index contributed by atoms with van der Waals surface area (Å²) in [6.45, 7) is 3.70. The Bertz CT molecular complexity index is 793. The van der Waals surface area contributed by atoms with E-state index in [-0.39, 0.29) is 11.9 Å². The Hall–Kier alpha value is -2.55. The summed E-state index contributed by atoms with van der Waals surface area (Å²) in [5.74, 6) is 0.726. The Kier molecular flexibility index (Phi) is 3.72. The van der Waals surface area contributed by atoms with Gasteiger partial charge in [-0.25, -0.2) is 0 Å². The van der Waals surface area contributed by atoms with Crippen molar-refractivity contribution in [3.63, 3.8) is 0 Å². The molecular formula is C13H13N5O3S. The van der Waals surface area contributed by atoms with Crippen LogP contribution in [0.2, 0.25) is 0 Å². The normalized spacial score (nSPS) is 12.5. The molecule has 0 amide bonds. The van der Waals surface area contributed by atoms with Crippen LogP contribution in [0.4, 0.5) is 5.82 Å². The molecule has 0 saturated carbocycles. The van der Waals surface area contributed by atoms with Crippen LogP contribution in [0.5, 0.6) is 0 Å². The second-order valence-corrected chi connectivity index (χ2v) is 5.65. The molecule has 0 aliphatic rings. The van der Waals surface area contributed by atoms with Gasteiger partial charge >= 0.3 is 5.82 Å². The summed E-state index contributed by atoms with van der Waals surface area (Å²) < 4.78 is 6.89. The number of nitro groups is 1. The quantitative estimate of drug-likeness (QED) is 0.529. The van der Waals surface area contributed by atoms with E-state index in [9.17, 15) is 10.1 Å². The third-order valence-electron chi connectivity index (χ3n) is 3.25. The Morgan fingerprint density at radius 1 is 1.55 bits per heavy atom. The zero-order valence-corrected chi connectivity index (χ0v) is 12.8.